The van der Waals surface area contributed by atoms with E-state index in [2.05, 4.69) is 94.0 Å². The number of oxazole rings is 1. The number of carbonyl (C=O) groups excluding carboxylic acids is 1. The number of methoxy groups -OCH3 is 2. The van der Waals surface area contributed by atoms with Gasteiger partial charge in [0.2, 0.25) is 0 Å². The summed E-state index contributed by atoms with van der Waals surface area (Å²) in [5.74, 6) is 6.00. The number of aromatic nitrogens is 1. The second-order valence-corrected chi connectivity index (χ2v) is 23.3. The molecule has 0 aliphatic heterocycles. The van der Waals surface area contributed by atoms with Crippen LogP contribution >= 0.6 is 0 Å². The van der Waals surface area contributed by atoms with Gasteiger partial charge in [0.1, 0.15) is 13.1 Å². The molecule has 0 aliphatic carbocycles. The fraction of sp³-hybridized carbons (Fsp3) is 0.657. The number of esters is 1. The number of carbonyl (C=O) groups is 1. The first-order valence-electron chi connectivity index (χ1n) is 16.2. The third-order valence-corrected chi connectivity index (χ3v) is 14.6. The molecular weight excluding hydrogens is 603 g/mol. The zero-order valence-corrected chi connectivity index (χ0v) is 31.7. The van der Waals surface area contributed by atoms with Gasteiger partial charge < -0.3 is 27.8 Å². The smallest absolute Gasteiger partial charge is 0.360 e. The van der Waals surface area contributed by atoms with Crippen LogP contribution in [0.4, 0.5) is 0 Å². The van der Waals surface area contributed by atoms with Gasteiger partial charge in [-0.05, 0) is 55.7 Å². The number of ether oxygens (including phenoxy) is 4. The quantitative estimate of drug-likeness (QED) is 0.0325. The van der Waals surface area contributed by atoms with E-state index >= 15 is 0 Å². The summed E-state index contributed by atoms with van der Waals surface area (Å²) in [5, 5.41) is 0. The summed E-state index contributed by atoms with van der Waals surface area (Å²) in [6.45, 7) is 21.3. The van der Waals surface area contributed by atoms with Crippen LogP contribution in [0.3, 0.4) is 0 Å². The molecule has 0 saturated carbocycles. The lowest BCUT2D eigenvalue weighted by atomic mass is 9.79. The highest BCUT2D eigenvalue weighted by Gasteiger charge is 2.42. The average Bonchev–Trinajstić information content (AvgIpc) is 3.48. The molecule has 0 aliphatic rings. The standard InChI is InChI=1S/C35H59NO7Si2/c1-12-21-31(42-28-40-24-25-44(9,10)11)35(5,6)32(43-45(13-2,14-3)15-4)23-20-18-16-17-19-22-29(38-7)26-33-36-30(27-41-33)34(37)39-8/h12,18-22,27,29,31-32H,13-15,23-26,28H2,1-11H3/b20-18-,21-12+,22-19+/t29-,31-,32-/m0/s1. The van der Waals surface area contributed by atoms with Crippen molar-refractivity contribution in [1.29, 1.82) is 0 Å². The highest BCUT2D eigenvalue weighted by molar-refractivity contribution is 6.76. The minimum atomic E-state index is -1.90. The SMILES string of the molecule is C/C=C/[C@H](OCOCC[Si](C)(C)C)C(C)(C)[C@H](C/C=C\C#C/C=C/[C@@H](Cc1nc(C(=O)OC)co1)OC)O[Si](CC)(CC)CC. The van der Waals surface area contributed by atoms with E-state index in [1.54, 1.807) is 13.2 Å². The maximum Gasteiger partial charge on any atom is 0.360 e. The van der Waals surface area contributed by atoms with Crippen molar-refractivity contribution in [2.45, 2.75) is 117 Å². The van der Waals surface area contributed by atoms with Crippen molar-refractivity contribution < 1.29 is 32.6 Å². The van der Waals surface area contributed by atoms with Gasteiger partial charge in [0.25, 0.3) is 0 Å². The normalized spacial score (nSPS) is 15.0. The Labute approximate surface area is 275 Å². The van der Waals surface area contributed by atoms with Gasteiger partial charge in [-0.25, -0.2) is 9.78 Å². The summed E-state index contributed by atoms with van der Waals surface area (Å²) in [7, 11) is -0.155. The van der Waals surface area contributed by atoms with Crippen LogP contribution in [-0.4, -0.2) is 73.3 Å². The van der Waals surface area contributed by atoms with Gasteiger partial charge in [0, 0.05) is 27.2 Å². The summed E-state index contributed by atoms with van der Waals surface area (Å²) in [4.78, 5) is 15.8. The van der Waals surface area contributed by atoms with Crippen LogP contribution in [0.1, 0.15) is 64.3 Å². The first kappa shape index (κ1) is 40.8. The lowest BCUT2D eigenvalue weighted by molar-refractivity contribution is -0.125. The van der Waals surface area contributed by atoms with Crippen molar-refractivity contribution >= 4 is 22.4 Å². The molecule has 0 spiro atoms. The molecule has 3 atom stereocenters. The molecule has 10 heteroatoms. The molecule has 0 bridgehead atoms. The number of rotatable bonds is 21. The summed E-state index contributed by atoms with van der Waals surface area (Å²) >= 11 is 0. The Kier molecular flexibility index (Phi) is 18.8. The Hall–Kier alpha value is -2.27. The van der Waals surface area contributed by atoms with Crippen molar-refractivity contribution in [3.8, 4) is 11.8 Å². The number of nitrogens with zero attached hydrogens (tertiary/aromatic N) is 1. The summed E-state index contributed by atoms with van der Waals surface area (Å²) < 4.78 is 34.9. The van der Waals surface area contributed by atoms with Gasteiger partial charge in [-0.1, -0.05) is 84.3 Å². The maximum absolute atomic E-state index is 11.6. The van der Waals surface area contributed by atoms with E-state index in [0.717, 1.165) is 37.2 Å². The van der Waals surface area contributed by atoms with Crippen molar-refractivity contribution in [2.24, 2.45) is 5.41 Å². The van der Waals surface area contributed by atoms with Crippen LogP contribution in [0.2, 0.25) is 43.8 Å². The van der Waals surface area contributed by atoms with Crippen molar-refractivity contribution in [3.05, 3.63) is 54.3 Å². The molecule has 0 amide bonds. The predicted octanol–water partition coefficient (Wildman–Crippen LogP) is 8.21. The molecule has 1 aromatic rings. The third kappa shape index (κ3) is 14.8. The Morgan fingerprint density at radius 1 is 1.07 bits per heavy atom. The molecule has 0 aromatic carbocycles. The summed E-state index contributed by atoms with van der Waals surface area (Å²) in [6, 6.07) is 4.35. The maximum atomic E-state index is 11.6. The minimum absolute atomic E-state index is 0.0469. The molecule has 0 fully saturated rings. The first-order chi connectivity index (χ1) is 21.3. The molecule has 0 N–H and O–H groups in total. The molecule has 1 aromatic heterocycles. The monoisotopic (exact) mass is 661 g/mol. The van der Waals surface area contributed by atoms with Gasteiger partial charge in [-0.2, -0.15) is 0 Å². The molecule has 1 heterocycles. The predicted molar refractivity (Wildman–Crippen MR) is 188 cm³/mol. The zero-order valence-electron chi connectivity index (χ0n) is 29.7. The topological polar surface area (TPSA) is 89.3 Å². The van der Waals surface area contributed by atoms with Gasteiger partial charge >= 0.3 is 5.97 Å². The molecule has 0 unspecified atom stereocenters. The Bertz CT molecular complexity index is 1130. The third-order valence-electron chi connectivity index (χ3n) is 8.24. The van der Waals surface area contributed by atoms with Gasteiger partial charge in [0.15, 0.2) is 19.9 Å². The summed E-state index contributed by atoms with van der Waals surface area (Å²) in [5.41, 5.74) is -0.170. The molecule has 8 nitrogen and oxygen atoms in total. The van der Waals surface area contributed by atoms with E-state index in [1.807, 2.05) is 19.1 Å². The molecule has 0 saturated heterocycles. The summed E-state index contributed by atoms with van der Waals surface area (Å²) in [6.07, 6.45) is 13.6. The van der Waals surface area contributed by atoms with E-state index in [-0.39, 0.29) is 36.2 Å². The zero-order chi connectivity index (χ0) is 33.9. The molecule has 1 rings (SSSR count). The Morgan fingerprint density at radius 3 is 2.31 bits per heavy atom. The highest BCUT2D eigenvalue weighted by atomic mass is 28.4. The van der Waals surface area contributed by atoms with Crippen molar-refractivity contribution in [3.63, 3.8) is 0 Å². The minimum Gasteiger partial charge on any atom is -0.464 e. The number of hydrogen-bond donors (Lipinski definition) is 0. The van der Waals surface area contributed by atoms with Crippen LogP contribution in [0.15, 0.2) is 47.1 Å². The molecule has 45 heavy (non-hydrogen) atoms. The molecular formula is C35H59NO7Si2. The fourth-order valence-electron chi connectivity index (χ4n) is 4.75. The number of allylic oxidation sites excluding steroid dienone is 3. The first-order valence-corrected chi connectivity index (χ1v) is 22.4. The van der Waals surface area contributed by atoms with Crippen LogP contribution < -0.4 is 0 Å². The van der Waals surface area contributed by atoms with Crippen LogP contribution in [0.25, 0.3) is 0 Å². The lowest BCUT2D eigenvalue weighted by Gasteiger charge is -2.44. The largest absolute Gasteiger partial charge is 0.464 e. The lowest BCUT2D eigenvalue weighted by Crippen LogP contribution is -2.49. The van der Waals surface area contributed by atoms with Gasteiger partial charge in [-0.15, -0.1) is 0 Å². The van der Waals surface area contributed by atoms with Crippen LogP contribution in [-0.2, 0) is 29.8 Å². The molecule has 254 valence electrons. The fourth-order valence-corrected chi connectivity index (χ4v) is 8.51. The second kappa shape index (κ2) is 20.8. The van der Waals surface area contributed by atoms with Crippen molar-refractivity contribution in [1.82, 2.24) is 4.98 Å². The Balaban J connectivity index is 3.00. The number of hydrogen-bond acceptors (Lipinski definition) is 8. The van der Waals surface area contributed by atoms with Crippen molar-refractivity contribution in [2.75, 3.05) is 27.6 Å². The van der Waals surface area contributed by atoms with E-state index < -0.39 is 22.4 Å². The van der Waals surface area contributed by atoms with E-state index in [9.17, 15) is 4.79 Å². The van der Waals surface area contributed by atoms with Gasteiger partial charge in [-0.3, -0.25) is 0 Å². The Morgan fingerprint density at radius 2 is 1.73 bits per heavy atom. The highest BCUT2D eigenvalue weighted by Crippen LogP contribution is 2.37. The van der Waals surface area contributed by atoms with Crippen LogP contribution in [0, 0.1) is 17.3 Å². The second-order valence-electron chi connectivity index (χ2n) is 13.0. The average molecular weight is 662 g/mol. The van der Waals surface area contributed by atoms with Crippen LogP contribution in [0.5, 0.6) is 0 Å². The van der Waals surface area contributed by atoms with E-state index in [4.69, 9.17) is 23.1 Å². The van der Waals surface area contributed by atoms with E-state index in [0.29, 0.717) is 12.3 Å². The molecule has 0 radical (unpaired) electrons. The van der Waals surface area contributed by atoms with E-state index in [1.165, 1.54) is 13.4 Å². The van der Waals surface area contributed by atoms with Gasteiger partial charge in [0.05, 0.1) is 31.8 Å².